The zero-order valence-corrected chi connectivity index (χ0v) is 22.0. The van der Waals surface area contributed by atoms with E-state index in [2.05, 4.69) is 19.2 Å². The molecule has 2 aromatic rings. The van der Waals surface area contributed by atoms with Crippen molar-refractivity contribution in [1.82, 2.24) is 4.90 Å². The highest BCUT2D eigenvalue weighted by Gasteiger charge is 2.33. The van der Waals surface area contributed by atoms with Gasteiger partial charge in [-0.1, -0.05) is 57.7 Å². The number of carboxylic acids is 1. The smallest absolute Gasteiger partial charge is 0.347 e. The van der Waals surface area contributed by atoms with Crippen LogP contribution in [0.3, 0.4) is 0 Å². The van der Waals surface area contributed by atoms with E-state index in [1.165, 1.54) is 24.8 Å². The van der Waals surface area contributed by atoms with E-state index in [1.807, 2.05) is 48.2 Å². The van der Waals surface area contributed by atoms with Crippen molar-refractivity contribution in [2.45, 2.75) is 85.2 Å². The molecule has 0 aromatic heterocycles. The minimum atomic E-state index is -1.27. The number of urea groups is 1. The molecule has 0 bridgehead atoms. The van der Waals surface area contributed by atoms with Crippen molar-refractivity contribution in [3.05, 3.63) is 59.2 Å². The van der Waals surface area contributed by atoms with Crippen LogP contribution in [0.15, 0.2) is 42.5 Å². The summed E-state index contributed by atoms with van der Waals surface area (Å²) >= 11 is 0. The maximum absolute atomic E-state index is 13.1. The third-order valence-electron chi connectivity index (χ3n) is 6.62. The molecule has 0 spiro atoms. The van der Waals surface area contributed by atoms with E-state index in [4.69, 9.17) is 4.74 Å². The van der Waals surface area contributed by atoms with Crippen LogP contribution in [0.4, 0.5) is 10.5 Å². The van der Waals surface area contributed by atoms with E-state index in [1.54, 1.807) is 19.9 Å². The zero-order valence-electron chi connectivity index (χ0n) is 22.0. The van der Waals surface area contributed by atoms with Gasteiger partial charge in [-0.15, -0.1) is 0 Å². The van der Waals surface area contributed by atoms with Crippen LogP contribution in [0, 0.1) is 13.8 Å². The SMILES string of the molecule is CCCCCCCN(CCc1cccc(OC(C)(CC)C(=O)O)c1)C(=O)Nc1ccc(C)c(C)c1. The number of nitrogens with zero attached hydrogens (tertiary/aromatic N) is 1. The molecule has 35 heavy (non-hydrogen) atoms. The van der Waals surface area contributed by atoms with Crippen LogP contribution in [0.2, 0.25) is 0 Å². The second kappa shape index (κ2) is 13.8. The van der Waals surface area contributed by atoms with Gasteiger partial charge in [0.05, 0.1) is 0 Å². The minimum absolute atomic E-state index is 0.0967. The van der Waals surface area contributed by atoms with Crippen LogP contribution in [0.25, 0.3) is 0 Å². The van der Waals surface area contributed by atoms with Crippen molar-refractivity contribution >= 4 is 17.7 Å². The summed E-state index contributed by atoms with van der Waals surface area (Å²) in [5, 5.41) is 12.6. The molecule has 0 heterocycles. The Bertz CT molecular complexity index is 975. The number of carbonyl (C=O) groups excluding carboxylic acids is 1. The van der Waals surface area contributed by atoms with Crippen LogP contribution in [-0.4, -0.2) is 40.7 Å². The van der Waals surface area contributed by atoms with Crippen molar-refractivity contribution < 1.29 is 19.4 Å². The fourth-order valence-electron chi connectivity index (χ4n) is 3.80. The first-order valence-electron chi connectivity index (χ1n) is 12.8. The molecule has 0 radical (unpaired) electrons. The molecule has 2 rings (SSSR count). The van der Waals surface area contributed by atoms with Crippen LogP contribution in [0.5, 0.6) is 5.75 Å². The largest absolute Gasteiger partial charge is 0.478 e. The molecule has 2 N–H and O–H groups in total. The van der Waals surface area contributed by atoms with Crippen molar-refractivity contribution in [1.29, 1.82) is 0 Å². The van der Waals surface area contributed by atoms with Gasteiger partial charge < -0.3 is 20.1 Å². The van der Waals surface area contributed by atoms with Crippen LogP contribution in [0.1, 0.15) is 76.0 Å². The van der Waals surface area contributed by atoms with Crippen molar-refractivity contribution in [2.24, 2.45) is 0 Å². The van der Waals surface area contributed by atoms with Crippen LogP contribution < -0.4 is 10.1 Å². The maximum atomic E-state index is 13.1. The predicted molar refractivity (Wildman–Crippen MR) is 142 cm³/mol. The van der Waals surface area contributed by atoms with Crippen molar-refractivity contribution in [3.63, 3.8) is 0 Å². The van der Waals surface area contributed by atoms with Gasteiger partial charge in [0.15, 0.2) is 0 Å². The molecule has 1 atom stereocenters. The third kappa shape index (κ3) is 8.93. The van der Waals surface area contributed by atoms with Crippen LogP contribution >= 0.6 is 0 Å². The number of carbonyl (C=O) groups is 2. The Labute approximate surface area is 210 Å². The number of amides is 2. The number of benzene rings is 2. The third-order valence-corrected chi connectivity index (χ3v) is 6.62. The summed E-state index contributed by atoms with van der Waals surface area (Å²) in [6, 6.07) is 13.4. The van der Waals surface area contributed by atoms with E-state index < -0.39 is 11.6 Å². The highest BCUT2D eigenvalue weighted by Crippen LogP contribution is 2.23. The molecule has 0 saturated carbocycles. The number of rotatable bonds is 14. The van der Waals surface area contributed by atoms with Gasteiger partial charge in [0.25, 0.3) is 0 Å². The molecular formula is C29H42N2O4. The number of unbranched alkanes of at least 4 members (excludes halogenated alkanes) is 4. The monoisotopic (exact) mass is 482 g/mol. The molecule has 0 aliphatic heterocycles. The van der Waals surface area contributed by atoms with E-state index in [9.17, 15) is 14.7 Å². The molecule has 6 heteroatoms. The van der Waals surface area contributed by atoms with Gasteiger partial charge in [-0.2, -0.15) is 0 Å². The van der Waals surface area contributed by atoms with Gasteiger partial charge in [-0.3, -0.25) is 0 Å². The average molecular weight is 483 g/mol. The molecule has 0 fully saturated rings. The fraction of sp³-hybridized carbons (Fsp3) is 0.517. The van der Waals surface area contributed by atoms with Crippen molar-refractivity contribution in [2.75, 3.05) is 18.4 Å². The van der Waals surface area contributed by atoms with Crippen LogP contribution in [-0.2, 0) is 11.2 Å². The number of hydrogen-bond acceptors (Lipinski definition) is 3. The number of nitrogens with one attached hydrogen (secondary N) is 1. The summed E-state index contributed by atoms with van der Waals surface area (Å²) in [4.78, 5) is 26.6. The molecule has 2 aromatic carbocycles. The number of ether oxygens (including phenoxy) is 1. The van der Waals surface area contributed by atoms with Gasteiger partial charge in [0.1, 0.15) is 5.75 Å². The lowest BCUT2D eigenvalue weighted by Crippen LogP contribution is -2.40. The van der Waals surface area contributed by atoms with Gasteiger partial charge in [0, 0.05) is 18.8 Å². The molecule has 192 valence electrons. The molecule has 1 unspecified atom stereocenters. The quantitative estimate of drug-likeness (QED) is 0.285. The topological polar surface area (TPSA) is 78.9 Å². The summed E-state index contributed by atoms with van der Waals surface area (Å²) < 4.78 is 5.82. The normalized spacial score (nSPS) is 12.6. The zero-order chi connectivity index (χ0) is 25.8. The first kappa shape index (κ1) is 28.2. The highest BCUT2D eigenvalue weighted by atomic mass is 16.5. The second-order valence-electron chi connectivity index (χ2n) is 9.52. The first-order chi connectivity index (χ1) is 16.7. The van der Waals surface area contributed by atoms with Gasteiger partial charge in [0.2, 0.25) is 5.60 Å². The van der Waals surface area contributed by atoms with Gasteiger partial charge in [-0.25, -0.2) is 9.59 Å². The van der Waals surface area contributed by atoms with E-state index in [-0.39, 0.29) is 6.03 Å². The standard InChI is InChI=1S/C29H42N2O4/c1-6-8-9-10-11-18-31(28(34)30-25-16-15-22(3)23(4)20-25)19-17-24-13-12-14-26(21-24)35-29(5,7-2)27(32)33/h12-16,20-21H,6-11,17-19H2,1-5H3,(H,30,34)(H,32,33). The molecule has 2 amide bonds. The molecule has 6 nitrogen and oxygen atoms in total. The Kier molecular flexibility index (Phi) is 11.1. The lowest BCUT2D eigenvalue weighted by Gasteiger charge is -2.25. The number of hydrogen-bond donors (Lipinski definition) is 2. The summed E-state index contributed by atoms with van der Waals surface area (Å²) in [6.07, 6.45) is 6.68. The lowest BCUT2D eigenvalue weighted by molar-refractivity contribution is -0.154. The fourth-order valence-corrected chi connectivity index (χ4v) is 3.80. The number of aliphatic carboxylic acids is 1. The minimum Gasteiger partial charge on any atom is -0.478 e. The molecule has 0 aliphatic carbocycles. The Morgan fingerprint density at radius 3 is 2.37 bits per heavy atom. The summed E-state index contributed by atoms with van der Waals surface area (Å²) in [5.41, 5.74) is 2.87. The number of carboxylic acid groups (broad SMARTS) is 1. The Morgan fingerprint density at radius 1 is 0.971 bits per heavy atom. The predicted octanol–water partition coefficient (Wildman–Crippen LogP) is 6.98. The highest BCUT2D eigenvalue weighted by molar-refractivity contribution is 5.89. The summed E-state index contributed by atoms with van der Waals surface area (Å²) in [7, 11) is 0. The average Bonchev–Trinajstić information content (AvgIpc) is 2.83. The van der Waals surface area contributed by atoms with E-state index in [0.717, 1.165) is 29.7 Å². The lowest BCUT2D eigenvalue weighted by atomic mass is 10.0. The first-order valence-corrected chi connectivity index (χ1v) is 12.8. The number of anilines is 1. The van der Waals surface area contributed by atoms with E-state index in [0.29, 0.717) is 31.7 Å². The van der Waals surface area contributed by atoms with Gasteiger partial charge >= 0.3 is 12.0 Å². The Balaban J connectivity index is 2.07. The summed E-state index contributed by atoms with van der Waals surface area (Å²) in [6.45, 7) is 10.9. The second-order valence-corrected chi connectivity index (χ2v) is 9.52. The Hall–Kier alpha value is -3.02. The molecule has 0 aliphatic rings. The summed E-state index contributed by atoms with van der Waals surface area (Å²) in [5.74, 6) is -0.456. The van der Waals surface area contributed by atoms with Crippen molar-refractivity contribution in [3.8, 4) is 5.75 Å². The molecular weight excluding hydrogens is 440 g/mol. The number of aryl methyl sites for hydroxylation is 2. The Morgan fingerprint density at radius 2 is 1.71 bits per heavy atom. The van der Waals surface area contributed by atoms with E-state index >= 15 is 0 Å². The molecule has 0 saturated heterocycles. The van der Waals surface area contributed by atoms with Gasteiger partial charge in [-0.05, 0) is 81.0 Å². The maximum Gasteiger partial charge on any atom is 0.347 e.